The second kappa shape index (κ2) is 7.99. The van der Waals surface area contributed by atoms with Crippen LogP contribution in [0.1, 0.15) is 23.4 Å². The van der Waals surface area contributed by atoms with Crippen molar-refractivity contribution >= 4 is 28.1 Å². The van der Waals surface area contributed by atoms with Gasteiger partial charge in [-0.05, 0) is 30.5 Å². The Morgan fingerprint density at radius 1 is 1.04 bits per heavy atom. The number of nitrogens with zero attached hydrogens (tertiary/aromatic N) is 4. The van der Waals surface area contributed by atoms with Gasteiger partial charge in [0.1, 0.15) is 5.01 Å². The van der Waals surface area contributed by atoms with Crippen LogP contribution in [0.15, 0.2) is 24.3 Å². The number of hydrogen-bond acceptors (Lipinski definition) is 6. The monoisotopic (exact) mass is 378 g/mol. The molecule has 0 amide bonds. The van der Waals surface area contributed by atoms with Crippen LogP contribution in [0.2, 0.25) is 5.02 Å². The van der Waals surface area contributed by atoms with E-state index in [2.05, 4.69) is 32.1 Å². The highest BCUT2D eigenvalue weighted by Gasteiger charge is 2.26. The van der Waals surface area contributed by atoms with Crippen molar-refractivity contribution in [1.82, 2.24) is 15.1 Å². The van der Waals surface area contributed by atoms with Crippen LogP contribution in [0, 0.1) is 0 Å². The molecule has 0 aliphatic carbocycles. The van der Waals surface area contributed by atoms with Gasteiger partial charge in [-0.2, -0.15) is 0 Å². The summed E-state index contributed by atoms with van der Waals surface area (Å²) < 4.78 is 5.48. The van der Waals surface area contributed by atoms with Crippen LogP contribution in [0.25, 0.3) is 0 Å². The number of hydrogen-bond donors (Lipinski definition) is 0. The van der Waals surface area contributed by atoms with Crippen molar-refractivity contribution in [2.24, 2.45) is 0 Å². The molecule has 0 spiro atoms. The van der Waals surface area contributed by atoms with Crippen molar-refractivity contribution in [2.75, 3.05) is 44.3 Å². The molecule has 0 radical (unpaired) electrons. The topological polar surface area (TPSA) is 41.5 Å². The molecule has 1 aromatic heterocycles. The molecule has 2 aromatic rings. The van der Waals surface area contributed by atoms with E-state index in [1.807, 2.05) is 12.1 Å². The Morgan fingerprint density at radius 3 is 2.48 bits per heavy atom. The van der Waals surface area contributed by atoms with Crippen LogP contribution in [0.4, 0.5) is 5.13 Å². The van der Waals surface area contributed by atoms with Crippen LogP contribution in [-0.2, 0) is 11.2 Å². The number of benzene rings is 1. The minimum atomic E-state index is 0.700. The molecule has 2 aliphatic heterocycles. The summed E-state index contributed by atoms with van der Waals surface area (Å²) >= 11 is 7.65. The molecule has 25 heavy (non-hydrogen) atoms. The van der Waals surface area contributed by atoms with Crippen LogP contribution < -0.4 is 4.90 Å². The van der Waals surface area contributed by atoms with E-state index in [1.165, 1.54) is 18.4 Å². The van der Waals surface area contributed by atoms with Gasteiger partial charge >= 0.3 is 0 Å². The van der Waals surface area contributed by atoms with Gasteiger partial charge in [0.15, 0.2) is 0 Å². The van der Waals surface area contributed by atoms with E-state index in [9.17, 15) is 0 Å². The van der Waals surface area contributed by atoms with Gasteiger partial charge in [-0.1, -0.05) is 35.1 Å². The summed E-state index contributed by atoms with van der Waals surface area (Å²) in [5, 5.41) is 11.7. The van der Waals surface area contributed by atoms with Crippen molar-refractivity contribution in [3.8, 4) is 0 Å². The number of aromatic nitrogens is 2. The minimum Gasteiger partial charge on any atom is -0.381 e. The van der Waals surface area contributed by atoms with E-state index < -0.39 is 0 Å². The minimum absolute atomic E-state index is 0.700. The molecule has 0 bridgehead atoms. The smallest absolute Gasteiger partial charge is 0.208 e. The first kappa shape index (κ1) is 17.2. The summed E-state index contributed by atoms with van der Waals surface area (Å²) in [7, 11) is 0. The Hall–Kier alpha value is -1.21. The van der Waals surface area contributed by atoms with Crippen LogP contribution in [0.3, 0.4) is 0 Å². The molecule has 3 heterocycles. The SMILES string of the molecule is Clc1ccc(Cc2nnc(N3CCN(C4CCOCC4)CC3)s2)cc1. The van der Waals surface area contributed by atoms with E-state index in [0.717, 1.165) is 61.0 Å². The lowest BCUT2D eigenvalue weighted by atomic mass is 10.1. The third-order valence-corrected chi connectivity index (χ3v) is 6.25. The number of halogens is 1. The Kier molecular flexibility index (Phi) is 5.51. The van der Waals surface area contributed by atoms with E-state index in [0.29, 0.717) is 6.04 Å². The summed E-state index contributed by atoms with van der Waals surface area (Å²) in [6.07, 6.45) is 3.16. The average molecular weight is 379 g/mol. The molecule has 1 aromatic carbocycles. The molecule has 0 unspecified atom stereocenters. The maximum absolute atomic E-state index is 5.95. The average Bonchev–Trinajstić information content (AvgIpc) is 3.13. The van der Waals surface area contributed by atoms with Crippen molar-refractivity contribution < 1.29 is 4.74 Å². The Morgan fingerprint density at radius 2 is 1.76 bits per heavy atom. The first-order chi connectivity index (χ1) is 12.3. The molecule has 4 rings (SSSR count). The molecule has 0 saturated carbocycles. The zero-order chi connectivity index (χ0) is 17.1. The molecule has 2 aliphatic rings. The fourth-order valence-corrected chi connectivity index (χ4v) is 4.60. The van der Waals surface area contributed by atoms with Gasteiger partial charge in [0.05, 0.1) is 0 Å². The first-order valence-corrected chi connectivity index (χ1v) is 10.1. The fourth-order valence-electron chi connectivity index (χ4n) is 3.55. The molecule has 2 fully saturated rings. The molecule has 0 N–H and O–H groups in total. The van der Waals surface area contributed by atoms with Gasteiger partial charge in [-0.3, -0.25) is 4.90 Å². The highest BCUT2D eigenvalue weighted by atomic mass is 35.5. The summed E-state index contributed by atoms with van der Waals surface area (Å²) in [5.74, 6) is 0. The molecule has 2 saturated heterocycles. The standard InChI is InChI=1S/C18H23ClN4OS/c19-15-3-1-14(2-4-15)13-17-20-21-18(25-17)23-9-7-22(8-10-23)16-5-11-24-12-6-16/h1-4,16H,5-13H2. The molecule has 5 nitrogen and oxygen atoms in total. The number of piperazine rings is 1. The molecular weight excluding hydrogens is 356 g/mol. The number of anilines is 1. The molecule has 7 heteroatoms. The van der Waals surface area contributed by atoms with Gasteiger partial charge in [0.2, 0.25) is 5.13 Å². The largest absolute Gasteiger partial charge is 0.381 e. The number of ether oxygens (including phenoxy) is 1. The van der Waals surface area contributed by atoms with Gasteiger partial charge < -0.3 is 9.64 Å². The fraction of sp³-hybridized carbons (Fsp3) is 0.556. The molecule has 134 valence electrons. The van der Waals surface area contributed by atoms with Crippen LogP contribution in [-0.4, -0.2) is 60.5 Å². The second-order valence-electron chi connectivity index (χ2n) is 6.65. The quantitative estimate of drug-likeness (QED) is 0.817. The Balaban J connectivity index is 1.32. The zero-order valence-electron chi connectivity index (χ0n) is 14.2. The lowest BCUT2D eigenvalue weighted by molar-refractivity contribution is 0.0321. The molecule has 0 atom stereocenters. The lowest BCUT2D eigenvalue weighted by Gasteiger charge is -2.40. The van der Waals surface area contributed by atoms with Crippen LogP contribution >= 0.6 is 22.9 Å². The van der Waals surface area contributed by atoms with Gasteiger partial charge in [-0.25, -0.2) is 0 Å². The van der Waals surface area contributed by atoms with E-state index in [1.54, 1.807) is 11.3 Å². The second-order valence-corrected chi connectivity index (χ2v) is 8.13. The third-order valence-electron chi connectivity index (χ3n) is 5.02. The van der Waals surface area contributed by atoms with Crippen LogP contribution in [0.5, 0.6) is 0 Å². The zero-order valence-corrected chi connectivity index (χ0v) is 15.8. The predicted molar refractivity (Wildman–Crippen MR) is 102 cm³/mol. The van der Waals surface area contributed by atoms with Crippen molar-refractivity contribution in [2.45, 2.75) is 25.3 Å². The normalized spacial score (nSPS) is 20.1. The summed E-state index contributed by atoms with van der Waals surface area (Å²) in [6, 6.07) is 8.65. The van der Waals surface area contributed by atoms with Crippen molar-refractivity contribution in [1.29, 1.82) is 0 Å². The van der Waals surface area contributed by atoms with E-state index in [4.69, 9.17) is 16.3 Å². The van der Waals surface area contributed by atoms with E-state index >= 15 is 0 Å². The maximum Gasteiger partial charge on any atom is 0.208 e. The number of rotatable bonds is 4. The summed E-state index contributed by atoms with van der Waals surface area (Å²) in [5.41, 5.74) is 1.22. The van der Waals surface area contributed by atoms with Crippen molar-refractivity contribution in [3.05, 3.63) is 39.9 Å². The lowest BCUT2D eigenvalue weighted by Crippen LogP contribution is -2.51. The maximum atomic E-state index is 5.95. The highest BCUT2D eigenvalue weighted by Crippen LogP contribution is 2.25. The highest BCUT2D eigenvalue weighted by molar-refractivity contribution is 7.15. The Bertz CT molecular complexity index is 679. The van der Waals surface area contributed by atoms with E-state index in [-0.39, 0.29) is 0 Å². The summed E-state index contributed by atoms with van der Waals surface area (Å²) in [6.45, 7) is 6.11. The summed E-state index contributed by atoms with van der Waals surface area (Å²) in [4.78, 5) is 4.99. The van der Waals surface area contributed by atoms with Gasteiger partial charge in [0, 0.05) is 56.9 Å². The third kappa shape index (κ3) is 4.31. The Labute approximate surface area is 157 Å². The predicted octanol–water partition coefficient (Wildman–Crippen LogP) is 3.08. The molecular formula is C18H23ClN4OS. The first-order valence-electron chi connectivity index (χ1n) is 8.91. The van der Waals surface area contributed by atoms with Gasteiger partial charge in [0.25, 0.3) is 0 Å². The van der Waals surface area contributed by atoms with Gasteiger partial charge in [-0.15, -0.1) is 10.2 Å². The van der Waals surface area contributed by atoms with Crippen molar-refractivity contribution in [3.63, 3.8) is 0 Å².